The van der Waals surface area contributed by atoms with Gasteiger partial charge < -0.3 is 0 Å². The Labute approximate surface area is 115 Å². The minimum atomic E-state index is 0.0176. The quantitative estimate of drug-likeness (QED) is 0.753. The summed E-state index contributed by atoms with van der Waals surface area (Å²) in [6, 6.07) is 6.34. The van der Waals surface area contributed by atoms with E-state index in [0.717, 1.165) is 22.4 Å². The molecule has 1 atom stereocenters. The van der Waals surface area contributed by atoms with E-state index in [2.05, 4.69) is 31.2 Å². The number of benzene rings is 1. The molecule has 18 heavy (non-hydrogen) atoms. The molecule has 3 aromatic rings. The van der Waals surface area contributed by atoms with Crippen LogP contribution >= 0.6 is 11.3 Å². The van der Waals surface area contributed by atoms with Crippen LogP contribution in [0.25, 0.3) is 11.0 Å². The summed E-state index contributed by atoms with van der Waals surface area (Å²) in [4.78, 5) is 5.56. The zero-order chi connectivity index (χ0) is 12.5. The summed E-state index contributed by atoms with van der Waals surface area (Å²) in [5.41, 5.74) is 6.07. The van der Waals surface area contributed by atoms with Gasteiger partial charge in [0.05, 0.1) is 0 Å². The van der Waals surface area contributed by atoms with Gasteiger partial charge in [0.2, 0.25) is 0 Å². The van der Waals surface area contributed by atoms with E-state index >= 15 is 0 Å². The van der Waals surface area contributed by atoms with E-state index in [4.69, 9.17) is 0 Å². The van der Waals surface area contributed by atoms with Crippen LogP contribution in [0.4, 0.5) is 5.69 Å². The molecule has 0 saturated heterocycles. The molecular weight excluding hydrogens is 311 g/mol. The molecule has 1 N–H and O–H groups in total. The van der Waals surface area contributed by atoms with Gasteiger partial charge in [-0.1, -0.05) is 0 Å². The number of aryl methyl sites for hydroxylation is 1. The Kier molecular flexibility index (Phi) is 3.16. The number of hydrogen-bond acceptors (Lipinski definition) is 5. The summed E-state index contributed by atoms with van der Waals surface area (Å²) in [6.07, 6.45) is 0. The second kappa shape index (κ2) is 4.80. The summed E-state index contributed by atoms with van der Waals surface area (Å²) >= 11 is 1.70. The van der Waals surface area contributed by atoms with Crippen molar-refractivity contribution in [3.63, 3.8) is 0 Å². The van der Waals surface area contributed by atoms with Crippen molar-refractivity contribution in [3.8, 4) is 0 Å². The van der Waals surface area contributed by atoms with Gasteiger partial charge in [-0.05, 0) is 0 Å². The van der Waals surface area contributed by atoms with Crippen molar-refractivity contribution in [1.82, 2.24) is 12.9 Å². The van der Waals surface area contributed by atoms with Crippen LogP contribution in [0.5, 0.6) is 0 Å². The van der Waals surface area contributed by atoms with Crippen molar-refractivity contribution < 1.29 is 0 Å². The van der Waals surface area contributed by atoms with E-state index in [1.165, 1.54) is 4.88 Å². The number of nitrogens with zero attached hydrogens (tertiary/aromatic N) is 3. The first-order valence-corrected chi connectivity index (χ1v) is 8.04. The first kappa shape index (κ1) is 11.8. The molecule has 0 aliphatic rings. The Morgan fingerprint density at radius 1 is 1.33 bits per heavy atom. The summed E-state index contributed by atoms with van der Waals surface area (Å²) in [5, 5.41) is 3.51. The van der Waals surface area contributed by atoms with Crippen molar-refractivity contribution in [2.75, 3.05) is 5.32 Å². The summed E-state index contributed by atoms with van der Waals surface area (Å²) < 4.78 is 8.87. The van der Waals surface area contributed by atoms with Gasteiger partial charge >= 0.3 is 115 Å². The molecule has 0 spiro atoms. The average molecular weight is 323 g/mol. The SMILES string of the molecule is Cc1ncsc1C(C)Nc1cccc2n[se]nc12. The van der Waals surface area contributed by atoms with Crippen LogP contribution < -0.4 is 5.32 Å². The second-order valence-corrected chi connectivity index (χ2v) is 6.10. The van der Waals surface area contributed by atoms with Crippen LogP contribution in [0.3, 0.4) is 0 Å². The van der Waals surface area contributed by atoms with E-state index < -0.39 is 0 Å². The van der Waals surface area contributed by atoms with Gasteiger partial charge in [0, 0.05) is 0 Å². The molecule has 0 bridgehead atoms. The van der Waals surface area contributed by atoms with Gasteiger partial charge in [-0.25, -0.2) is 0 Å². The van der Waals surface area contributed by atoms with Gasteiger partial charge in [0.15, 0.2) is 0 Å². The summed E-state index contributed by atoms with van der Waals surface area (Å²) in [7, 11) is 0. The summed E-state index contributed by atoms with van der Waals surface area (Å²) in [5.74, 6) is 0. The van der Waals surface area contributed by atoms with Crippen LogP contribution in [0.15, 0.2) is 23.7 Å². The monoisotopic (exact) mass is 324 g/mol. The van der Waals surface area contributed by atoms with Crippen molar-refractivity contribution in [2.24, 2.45) is 0 Å². The number of fused-ring (bicyclic) bond motifs is 1. The molecule has 0 radical (unpaired) electrons. The first-order chi connectivity index (χ1) is 8.75. The Morgan fingerprint density at radius 2 is 2.22 bits per heavy atom. The fourth-order valence-corrected chi connectivity index (χ4v) is 3.91. The number of thiazole rings is 1. The third-order valence-corrected chi connectivity index (χ3v) is 5.09. The summed E-state index contributed by atoms with van der Waals surface area (Å²) in [6.45, 7) is 4.19. The van der Waals surface area contributed by atoms with Crippen LogP contribution in [-0.2, 0) is 0 Å². The van der Waals surface area contributed by atoms with Crippen molar-refractivity contribution in [3.05, 3.63) is 34.3 Å². The molecule has 4 nitrogen and oxygen atoms in total. The van der Waals surface area contributed by atoms with Crippen molar-refractivity contribution in [1.29, 1.82) is 0 Å². The van der Waals surface area contributed by atoms with Gasteiger partial charge in [-0.2, -0.15) is 0 Å². The standard InChI is InChI=1S/C12H12N4SSe/c1-7-12(17-6-13-7)8(2)14-9-4-3-5-10-11(9)16-18-15-10/h3-6,8,14H,1-2H3. The Hall–Kier alpha value is -1.23. The van der Waals surface area contributed by atoms with Crippen LogP contribution in [0.1, 0.15) is 23.5 Å². The number of anilines is 1. The predicted molar refractivity (Wildman–Crippen MR) is 75.4 cm³/mol. The first-order valence-electron chi connectivity index (χ1n) is 5.63. The molecule has 1 aromatic carbocycles. The van der Waals surface area contributed by atoms with Crippen molar-refractivity contribution >= 4 is 43.0 Å². The Bertz CT molecular complexity index is 675. The molecular formula is C12H12N4SSe. The predicted octanol–water partition coefficient (Wildman–Crippen LogP) is 2.62. The van der Waals surface area contributed by atoms with E-state index in [0.29, 0.717) is 0 Å². The minimum absolute atomic E-state index is 0.0176. The number of nitrogens with one attached hydrogen (secondary N) is 1. The second-order valence-electron chi connectivity index (χ2n) is 4.11. The maximum atomic E-state index is 4.48. The van der Waals surface area contributed by atoms with E-state index in [1.54, 1.807) is 11.3 Å². The Balaban J connectivity index is 1.93. The fourth-order valence-electron chi connectivity index (χ4n) is 1.95. The van der Waals surface area contributed by atoms with Crippen LogP contribution in [-0.4, -0.2) is 27.9 Å². The van der Waals surface area contributed by atoms with E-state index in [1.807, 2.05) is 24.6 Å². The van der Waals surface area contributed by atoms with Gasteiger partial charge in [-0.3, -0.25) is 0 Å². The Morgan fingerprint density at radius 3 is 3.00 bits per heavy atom. The molecule has 6 heteroatoms. The normalized spacial score (nSPS) is 12.8. The van der Waals surface area contributed by atoms with E-state index in [9.17, 15) is 0 Å². The fraction of sp³-hybridized carbons (Fsp3) is 0.250. The average Bonchev–Trinajstić information content (AvgIpc) is 2.97. The zero-order valence-electron chi connectivity index (χ0n) is 10.0. The van der Waals surface area contributed by atoms with Gasteiger partial charge in [-0.15, -0.1) is 0 Å². The van der Waals surface area contributed by atoms with Gasteiger partial charge in [0.25, 0.3) is 0 Å². The molecule has 92 valence electrons. The van der Waals surface area contributed by atoms with Crippen molar-refractivity contribution in [2.45, 2.75) is 19.9 Å². The molecule has 2 heterocycles. The third kappa shape index (κ3) is 2.07. The molecule has 0 fully saturated rings. The zero-order valence-corrected chi connectivity index (χ0v) is 12.6. The van der Waals surface area contributed by atoms with Gasteiger partial charge in [0.1, 0.15) is 0 Å². The number of hydrogen-bond donors (Lipinski definition) is 1. The molecule has 3 rings (SSSR count). The molecule has 0 amide bonds. The molecule has 0 aliphatic heterocycles. The molecule has 0 saturated carbocycles. The van der Waals surface area contributed by atoms with E-state index in [-0.39, 0.29) is 21.0 Å². The topological polar surface area (TPSA) is 50.7 Å². The molecule has 2 aromatic heterocycles. The van der Waals surface area contributed by atoms with Crippen LogP contribution in [0.2, 0.25) is 0 Å². The van der Waals surface area contributed by atoms with Crippen LogP contribution in [0, 0.1) is 6.92 Å². The maximum absolute atomic E-state index is 4.48. The molecule has 1 unspecified atom stereocenters. The number of aromatic nitrogens is 3. The number of rotatable bonds is 3. The molecule has 0 aliphatic carbocycles. The third-order valence-electron chi connectivity index (χ3n) is 2.83.